The predicted molar refractivity (Wildman–Crippen MR) is 111 cm³/mol. The molecule has 0 spiro atoms. The van der Waals surface area contributed by atoms with Crippen LogP contribution < -0.4 is 5.32 Å². The fourth-order valence-electron chi connectivity index (χ4n) is 2.33. The molecule has 0 fully saturated rings. The van der Waals surface area contributed by atoms with Crippen LogP contribution in [0.25, 0.3) is 0 Å². The van der Waals surface area contributed by atoms with Gasteiger partial charge < -0.3 is 38.8 Å². The molecule has 0 unspecified atom stereocenters. The van der Waals surface area contributed by atoms with Crippen LogP contribution in [0.1, 0.15) is 0 Å². The van der Waals surface area contributed by atoms with Crippen LogP contribution in [0.3, 0.4) is 0 Å². The van der Waals surface area contributed by atoms with Crippen LogP contribution in [0.2, 0.25) is 0 Å². The van der Waals surface area contributed by atoms with E-state index in [1.807, 2.05) is 0 Å². The first-order valence-corrected chi connectivity index (χ1v) is 10.5. The van der Waals surface area contributed by atoms with Crippen molar-refractivity contribution in [3.8, 4) is 0 Å². The number of imide groups is 1. The number of hydrogen-bond acceptors (Lipinski definition) is 10. The third-order valence-corrected chi connectivity index (χ3v) is 3.88. The van der Waals surface area contributed by atoms with Crippen molar-refractivity contribution in [1.29, 1.82) is 0 Å². The van der Waals surface area contributed by atoms with Crippen molar-refractivity contribution >= 4 is 23.7 Å². The van der Waals surface area contributed by atoms with Crippen LogP contribution in [0, 0.1) is 0 Å². The van der Waals surface area contributed by atoms with Gasteiger partial charge in [-0.1, -0.05) is 0 Å². The molecular weight excluding hydrogens is 444 g/mol. The van der Waals surface area contributed by atoms with Crippen molar-refractivity contribution in [2.24, 2.45) is 0 Å². The van der Waals surface area contributed by atoms with E-state index in [9.17, 15) is 19.2 Å². The summed E-state index contributed by atoms with van der Waals surface area (Å²) in [5.74, 6) is -2.18. The SMILES string of the molecule is O=C(O)COCC(=O)NCCOCCOCCOCCOCCOCCN1C(=O)C=CC1=O. The molecule has 1 rings (SSSR count). The number of carbonyl (C=O) groups excluding carboxylic acids is 3. The van der Waals surface area contributed by atoms with Gasteiger partial charge in [0.05, 0.1) is 72.6 Å². The van der Waals surface area contributed by atoms with Gasteiger partial charge in [-0.25, -0.2) is 4.79 Å². The van der Waals surface area contributed by atoms with Crippen molar-refractivity contribution in [2.45, 2.75) is 0 Å². The second kappa shape index (κ2) is 19.1. The Bertz CT molecular complexity index is 609. The van der Waals surface area contributed by atoms with Gasteiger partial charge in [0.1, 0.15) is 13.2 Å². The van der Waals surface area contributed by atoms with Gasteiger partial charge in [0.2, 0.25) is 5.91 Å². The second-order valence-corrected chi connectivity index (χ2v) is 6.46. The van der Waals surface area contributed by atoms with Crippen LogP contribution in [0.15, 0.2) is 12.2 Å². The number of hydrogen-bond donors (Lipinski definition) is 2. The summed E-state index contributed by atoms with van der Waals surface area (Å²) in [5.41, 5.74) is 0. The highest BCUT2D eigenvalue weighted by Crippen LogP contribution is 2.02. The third kappa shape index (κ3) is 15.9. The highest BCUT2D eigenvalue weighted by atomic mass is 16.6. The summed E-state index contributed by atoms with van der Waals surface area (Å²) in [7, 11) is 0. The van der Waals surface area contributed by atoms with E-state index in [1.54, 1.807) is 0 Å². The first-order chi connectivity index (χ1) is 16.0. The molecule has 0 aromatic heterocycles. The zero-order valence-electron chi connectivity index (χ0n) is 18.5. The van der Waals surface area contributed by atoms with Crippen molar-refractivity contribution in [2.75, 3.05) is 92.4 Å². The minimum atomic E-state index is -1.13. The Hall–Kier alpha value is -2.42. The topological polar surface area (TPSA) is 159 Å². The van der Waals surface area contributed by atoms with Gasteiger partial charge in [0.15, 0.2) is 0 Å². The molecule has 1 heterocycles. The van der Waals surface area contributed by atoms with Crippen LogP contribution in [-0.4, -0.2) is 126 Å². The molecule has 0 aromatic rings. The highest BCUT2D eigenvalue weighted by Gasteiger charge is 2.22. The van der Waals surface area contributed by atoms with Crippen LogP contribution in [0.5, 0.6) is 0 Å². The molecule has 2 N–H and O–H groups in total. The maximum Gasteiger partial charge on any atom is 0.329 e. The molecule has 188 valence electrons. The number of carboxylic acid groups (broad SMARTS) is 1. The second-order valence-electron chi connectivity index (χ2n) is 6.46. The Balaban J connectivity index is 1.72. The average molecular weight is 476 g/mol. The third-order valence-electron chi connectivity index (χ3n) is 3.88. The molecule has 0 aromatic carbocycles. The van der Waals surface area contributed by atoms with Gasteiger partial charge in [0, 0.05) is 18.7 Å². The maximum atomic E-state index is 11.3. The molecule has 0 bridgehead atoms. The molecule has 0 saturated heterocycles. The summed E-state index contributed by atoms with van der Waals surface area (Å²) in [6.07, 6.45) is 2.48. The fourth-order valence-corrected chi connectivity index (χ4v) is 2.33. The molecule has 0 radical (unpaired) electrons. The number of nitrogens with zero attached hydrogens (tertiary/aromatic N) is 1. The summed E-state index contributed by atoms with van der Waals surface area (Å²) in [4.78, 5) is 45.3. The van der Waals surface area contributed by atoms with E-state index in [4.69, 9.17) is 28.8 Å². The number of carbonyl (C=O) groups is 4. The van der Waals surface area contributed by atoms with Crippen LogP contribution in [0.4, 0.5) is 0 Å². The number of aliphatic carboxylic acids is 1. The summed E-state index contributed by atoms with van der Waals surface area (Å²) >= 11 is 0. The van der Waals surface area contributed by atoms with E-state index in [-0.39, 0.29) is 31.6 Å². The molecule has 13 nitrogen and oxygen atoms in total. The lowest BCUT2D eigenvalue weighted by atomic mass is 10.5. The lowest BCUT2D eigenvalue weighted by molar-refractivity contribution is -0.144. The van der Waals surface area contributed by atoms with E-state index in [0.717, 1.165) is 4.90 Å². The Morgan fingerprint density at radius 3 is 1.64 bits per heavy atom. The standard InChI is InChI=1S/C20H32N2O11/c23-17(15-33-16-20(26)27)21-3-5-28-7-9-30-11-13-32-14-12-31-10-8-29-6-4-22-18(24)1-2-19(22)25/h1-2H,3-16H2,(H,21,23)(H,26,27). The van der Waals surface area contributed by atoms with Gasteiger partial charge in [-0.15, -0.1) is 0 Å². The Labute approximate surface area is 191 Å². The van der Waals surface area contributed by atoms with Gasteiger partial charge in [-0.2, -0.15) is 0 Å². The Morgan fingerprint density at radius 1 is 0.697 bits per heavy atom. The quantitative estimate of drug-likeness (QED) is 0.134. The van der Waals surface area contributed by atoms with E-state index >= 15 is 0 Å². The predicted octanol–water partition coefficient (Wildman–Crippen LogP) is -1.79. The van der Waals surface area contributed by atoms with Gasteiger partial charge in [-0.05, 0) is 0 Å². The molecular formula is C20H32N2O11. The largest absolute Gasteiger partial charge is 0.480 e. The van der Waals surface area contributed by atoms with Crippen LogP contribution in [-0.2, 0) is 47.6 Å². The highest BCUT2D eigenvalue weighted by molar-refractivity contribution is 6.12. The molecule has 3 amide bonds. The molecule has 0 atom stereocenters. The molecule has 33 heavy (non-hydrogen) atoms. The smallest absolute Gasteiger partial charge is 0.329 e. The maximum absolute atomic E-state index is 11.3. The normalized spacial score (nSPS) is 13.2. The Morgan fingerprint density at radius 2 is 1.15 bits per heavy atom. The van der Waals surface area contributed by atoms with E-state index in [1.165, 1.54) is 12.2 Å². The molecule has 0 aliphatic carbocycles. The van der Waals surface area contributed by atoms with Crippen molar-refractivity contribution in [3.63, 3.8) is 0 Å². The zero-order chi connectivity index (χ0) is 24.2. The lowest BCUT2D eigenvalue weighted by Crippen LogP contribution is -2.33. The Kier molecular flexibility index (Phi) is 16.5. The monoisotopic (exact) mass is 476 g/mol. The van der Waals surface area contributed by atoms with Gasteiger partial charge in [0.25, 0.3) is 11.8 Å². The van der Waals surface area contributed by atoms with Crippen molar-refractivity contribution < 1.29 is 52.7 Å². The van der Waals surface area contributed by atoms with Crippen molar-refractivity contribution in [3.05, 3.63) is 12.2 Å². The van der Waals surface area contributed by atoms with E-state index in [0.29, 0.717) is 66.0 Å². The number of amides is 3. The van der Waals surface area contributed by atoms with Gasteiger partial charge in [-0.3, -0.25) is 19.3 Å². The number of rotatable bonds is 22. The molecule has 1 aliphatic rings. The number of nitrogens with one attached hydrogen (secondary N) is 1. The van der Waals surface area contributed by atoms with Crippen LogP contribution >= 0.6 is 0 Å². The molecule has 1 aliphatic heterocycles. The average Bonchev–Trinajstić information content (AvgIpc) is 3.10. The molecule has 13 heteroatoms. The fraction of sp³-hybridized carbons (Fsp3) is 0.700. The first-order valence-electron chi connectivity index (χ1n) is 10.5. The summed E-state index contributed by atoms with van der Waals surface area (Å²) < 4.78 is 31.3. The summed E-state index contributed by atoms with van der Waals surface area (Å²) in [6, 6.07) is 0. The number of ether oxygens (including phenoxy) is 6. The van der Waals surface area contributed by atoms with Gasteiger partial charge >= 0.3 is 5.97 Å². The summed E-state index contributed by atoms with van der Waals surface area (Å²) in [6.45, 7) is 3.40. The zero-order valence-corrected chi connectivity index (χ0v) is 18.5. The first kappa shape index (κ1) is 28.6. The minimum Gasteiger partial charge on any atom is -0.480 e. The summed E-state index contributed by atoms with van der Waals surface area (Å²) in [5, 5.41) is 10.9. The van der Waals surface area contributed by atoms with E-state index < -0.39 is 18.5 Å². The minimum absolute atomic E-state index is 0.223. The van der Waals surface area contributed by atoms with E-state index in [2.05, 4.69) is 10.1 Å². The lowest BCUT2D eigenvalue weighted by Gasteiger charge is -2.13. The van der Waals surface area contributed by atoms with Crippen molar-refractivity contribution in [1.82, 2.24) is 10.2 Å². The number of carboxylic acids is 1. The molecule has 0 saturated carbocycles.